The Bertz CT molecular complexity index is 4350. The van der Waals surface area contributed by atoms with Gasteiger partial charge in [0.15, 0.2) is 5.78 Å². The highest BCUT2D eigenvalue weighted by atomic mass is 35.7. The molecule has 0 radical (unpaired) electrons. The molecule has 92 heavy (non-hydrogen) atoms. The van der Waals surface area contributed by atoms with E-state index >= 15 is 0 Å². The van der Waals surface area contributed by atoms with Crippen LogP contribution in [-0.2, 0) is 84.1 Å². The number of hydrogen-bond acceptors (Lipinski definition) is 11. The molecule has 0 saturated heterocycles. The van der Waals surface area contributed by atoms with E-state index in [-0.39, 0.29) is 37.9 Å². The van der Waals surface area contributed by atoms with Crippen LogP contribution < -0.4 is 23.5 Å². The zero-order valence-electron chi connectivity index (χ0n) is 49.9. The maximum Gasteiger partial charge on any atom is 0.264 e. The van der Waals surface area contributed by atoms with Gasteiger partial charge in [-0.3, -0.25) is 17.7 Å². The smallest absolute Gasteiger partial charge is 0.264 e. The molecule has 0 fully saturated rings. The van der Waals surface area contributed by atoms with Crippen molar-refractivity contribution in [1.29, 1.82) is 0 Å². The molecule has 0 spiro atoms. The first-order chi connectivity index (χ1) is 42.8. The van der Waals surface area contributed by atoms with Crippen molar-refractivity contribution in [2.45, 2.75) is 108 Å². The number of rotatable bonds is 10. The second kappa shape index (κ2) is 32.8. The average molecular weight is 1340 g/mol. The normalized spacial score (nSPS) is 13.5. The fourth-order valence-corrected chi connectivity index (χ4v) is 16.2. The van der Waals surface area contributed by atoms with E-state index in [1.165, 1.54) is 78.4 Å². The zero-order chi connectivity index (χ0) is 63.2. The minimum Gasteiger partial charge on any atom is -0.384 e. The summed E-state index contributed by atoms with van der Waals surface area (Å²) < 4.78 is 101. The van der Waals surface area contributed by atoms with Gasteiger partial charge in [0.1, 0.15) is 0 Å². The summed E-state index contributed by atoms with van der Waals surface area (Å²) in [6, 6.07) is 67.6. The summed E-state index contributed by atoms with van der Waals surface area (Å²) in [6.07, 6.45) is 6.70. The van der Waals surface area contributed by atoms with Gasteiger partial charge in [-0.15, -0.1) is 0 Å². The van der Waals surface area contributed by atoms with Gasteiger partial charge in [-0.1, -0.05) is 170 Å². The van der Waals surface area contributed by atoms with Crippen LogP contribution in [0, 0.1) is 0 Å². The molecule has 5 heterocycles. The number of halogens is 1. The predicted octanol–water partition coefficient (Wildman–Crippen LogP) is 15.5. The lowest BCUT2D eigenvalue weighted by Crippen LogP contribution is -2.29. The molecular formula is C73H84ClN5O9S4. The Kier molecular flexibility index (Phi) is 26.0. The highest BCUT2D eigenvalue weighted by Gasteiger charge is 2.33. The summed E-state index contributed by atoms with van der Waals surface area (Å²) in [4.78, 5) is 12.5. The molecule has 0 unspecified atom stereocenters. The van der Waals surface area contributed by atoms with Crippen LogP contribution >= 0.6 is 10.7 Å². The molecule has 9 aromatic rings. The zero-order valence-corrected chi connectivity index (χ0v) is 53.9. The standard InChI is InChI=1S/C16H15NO3S.C16H17NO2S.C14H13NO2S.C10H13N.C8H9N.C6H5ClO2S.3CH4/c1-12(18)13-7-8-16-14(11-13)9-10-17(16)21(19,20)15-5-3-2-4-6-15;1-2-13-8-9-16-14(12-13)10-11-17(16)20(18,19)15-6-4-3-5-7-15;16-18(17,13-7-2-1-3-8-13)15-11-10-12-6-4-5-9-14(12)15;1-2-8-3-4-10-9(7-8)5-6-11-10;1-2-4-8-7(3-1)5-6-9-8;7-10(8,9)6-4-2-1-3-5-6;;;/h2-8,11H,9-10H2,1H3;3-9,12H,2,10-11H2,1H3;1-9H,10-11H2;3-4,7,11H,2,5-6H2,1H3;1-4,9H,5-6H2;1-5H;3*1H4. The van der Waals surface area contributed by atoms with Gasteiger partial charge in [-0.2, -0.15) is 0 Å². The van der Waals surface area contributed by atoms with E-state index in [0.717, 1.165) is 66.8 Å². The quantitative estimate of drug-likeness (QED) is 0.0980. The van der Waals surface area contributed by atoms with E-state index in [4.69, 9.17) is 10.7 Å². The number of fused-ring (bicyclic) bond motifs is 5. The molecular weight excluding hydrogens is 1250 g/mol. The van der Waals surface area contributed by atoms with Crippen molar-refractivity contribution >= 4 is 84.0 Å². The molecule has 5 aliphatic rings. The van der Waals surface area contributed by atoms with Crippen molar-refractivity contribution in [3.05, 3.63) is 269 Å². The molecule has 9 aromatic carbocycles. The van der Waals surface area contributed by atoms with Gasteiger partial charge in [0.25, 0.3) is 39.1 Å². The number of sulfonamides is 3. The number of hydrogen-bond donors (Lipinski definition) is 2. The highest BCUT2D eigenvalue weighted by molar-refractivity contribution is 8.13. The Morgan fingerprint density at radius 1 is 0.380 bits per heavy atom. The van der Waals surface area contributed by atoms with E-state index < -0.39 is 39.1 Å². The van der Waals surface area contributed by atoms with Gasteiger partial charge in [0.2, 0.25) is 0 Å². The Morgan fingerprint density at radius 2 is 0.728 bits per heavy atom. The second-order valence-electron chi connectivity index (χ2n) is 21.4. The topological polar surface area (TPSA) is 187 Å². The second-order valence-corrected chi connectivity index (χ2v) is 29.5. The number of ketones is 1. The Balaban J connectivity index is 0.000000179. The SMILES string of the molecule is C.C.C.CC(=O)c1ccc2c(c1)CCN2S(=O)(=O)c1ccccc1.CCc1ccc2c(c1)CCN2.CCc1ccc2c(c1)CCN2S(=O)(=O)c1ccccc1.O=S(=O)(Cl)c1ccccc1.O=S(=O)(c1ccccc1)N1CCc2ccccc21.c1ccc2c(c1)CCN2. The Labute approximate surface area is 551 Å². The van der Waals surface area contributed by atoms with Crippen molar-refractivity contribution in [3.63, 3.8) is 0 Å². The summed E-state index contributed by atoms with van der Waals surface area (Å²) in [5.41, 5.74) is 14.4. The van der Waals surface area contributed by atoms with Crippen LogP contribution in [0.15, 0.2) is 244 Å². The molecule has 5 aliphatic heterocycles. The van der Waals surface area contributed by atoms with Gasteiger partial charge < -0.3 is 10.6 Å². The van der Waals surface area contributed by atoms with E-state index in [2.05, 4.69) is 73.0 Å². The third-order valence-electron chi connectivity index (χ3n) is 15.6. The van der Waals surface area contributed by atoms with Gasteiger partial charge in [-0.05, 0) is 182 Å². The predicted molar refractivity (Wildman–Crippen MR) is 379 cm³/mol. The lowest BCUT2D eigenvalue weighted by molar-refractivity contribution is 0.101. The van der Waals surface area contributed by atoms with Crippen molar-refractivity contribution in [2.75, 3.05) is 56.3 Å². The largest absolute Gasteiger partial charge is 0.384 e. The Hall–Kier alpha value is -8.26. The number of carbonyl (C=O) groups excluding carboxylic acids is 1. The minimum absolute atomic E-state index is 0. The molecule has 0 aliphatic carbocycles. The van der Waals surface area contributed by atoms with Crippen molar-refractivity contribution in [1.82, 2.24) is 0 Å². The number of nitrogens with one attached hydrogen (secondary N) is 2. The highest BCUT2D eigenvalue weighted by Crippen LogP contribution is 2.36. The maximum absolute atomic E-state index is 12.7. The lowest BCUT2D eigenvalue weighted by atomic mass is 10.1. The fraction of sp³-hybridized carbons (Fsp3) is 0.247. The van der Waals surface area contributed by atoms with E-state index in [1.807, 2.05) is 48.5 Å². The third-order valence-corrected chi connectivity index (χ3v) is 22.5. The first kappa shape index (κ1) is 72.8. The van der Waals surface area contributed by atoms with Crippen molar-refractivity contribution in [2.24, 2.45) is 0 Å². The van der Waals surface area contributed by atoms with Crippen LogP contribution in [-0.4, -0.2) is 72.2 Å². The summed E-state index contributed by atoms with van der Waals surface area (Å²) in [7, 11) is -8.89. The van der Waals surface area contributed by atoms with Gasteiger partial charge >= 0.3 is 0 Å². The minimum atomic E-state index is -3.54. The molecule has 2 N–H and O–H groups in total. The van der Waals surface area contributed by atoms with E-state index in [9.17, 15) is 38.5 Å². The van der Waals surface area contributed by atoms with Crippen molar-refractivity contribution < 1.29 is 38.5 Å². The summed E-state index contributed by atoms with van der Waals surface area (Å²) in [5, 5.41) is 6.65. The molecule has 14 nitrogen and oxygen atoms in total. The van der Waals surface area contributed by atoms with Crippen LogP contribution in [0.2, 0.25) is 0 Å². The summed E-state index contributed by atoms with van der Waals surface area (Å²) >= 11 is 0. The van der Waals surface area contributed by atoms with Crippen molar-refractivity contribution in [3.8, 4) is 0 Å². The van der Waals surface area contributed by atoms with Crippen LogP contribution in [0.1, 0.15) is 92.4 Å². The molecule has 0 aromatic heterocycles. The molecule has 0 bridgehead atoms. The first-order valence-electron chi connectivity index (χ1n) is 29.5. The molecule has 14 rings (SSSR count). The molecule has 486 valence electrons. The van der Waals surface area contributed by atoms with E-state index in [1.54, 1.807) is 115 Å². The third kappa shape index (κ3) is 17.7. The number of anilines is 5. The van der Waals surface area contributed by atoms with Crippen LogP contribution in [0.4, 0.5) is 28.4 Å². The molecule has 0 atom stereocenters. The van der Waals surface area contributed by atoms with Gasteiger partial charge in [0.05, 0.1) is 36.6 Å². The van der Waals surface area contributed by atoms with Crippen LogP contribution in [0.3, 0.4) is 0 Å². The number of nitrogens with zero attached hydrogens (tertiary/aromatic N) is 3. The summed E-state index contributed by atoms with van der Waals surface area (Å²) in [6.45, 7) is 9.50. The van der Waals surface area contributed by atoms with Crippen LogP contribution in [0.25, 0.3) is 0 Å². The maximum atomic E-state index is 12.7. The molecule has 0 amide bonds. The first-order valence-corrected chi connectivity index (χ1v) is 36.2. The Morgan fingerprint density at radius 3 is 1.16 bits per heavy atom. The molecule has 0 saturated carbocycles. The van der Waals surface area contributed by atoms with Gasteiger partial charge in [-0.25, -0.2) is 33.7 Å². The van der Waals surface area contributed by atoms with Gasteiger partial charge in [0, 0.05) is 60.3 Å². The lowest BCUT2D eigenvalue weighted by Gasteiger charge is -2.19. The number of para-hydroxylation sites is 2. The number of carbonyl (C=O) groups is 1. The monoisotopic (exact) mass is 1340 g/mol. The number of Topliss-reactive ketones (excluding diaryl/α,β-unsaturated/α-hetero) is 1. The van der Waals surface area contributed by atoms with E-state index in [0.29, 0.717) is 47.1 Å². The number of benzene rings is 9. The average Bonchev–Trinajstić information content (AvgIpc) is 1.61. The molecule has 19 heteroatoms. The fourth-order valence-electron chi connectivity index (χ4n) is 10.9. The number of aryl methyl sites for hydroxylation is 2. The van der Waals surface area contributed by atoms with Crippen LogP contribution in [0.5, 0.6) is 0 Å². The summed E-state index contributed by atoms with van der Waals surface area (Å²) in [5.74, 6) is -0.0119.